The molecule has 1 saturated heterocycles. The molecule has 4 heteroatoms. The third-order valence-electron chi connectivity index (χ3n) is 5.34. The Labute approximate surface area is 154 Å². The normalized spacial score (nSPS) is 16.5. The van der Waals surface area contributed by atoms with Crippen molar-refractivity contribution in [3.63, 3.8) is 0 Å². The minimum absolute atomic E-state index is 0.0779. The second-order valence-corrected chi connectivity index (χ2v) is 7.26. The van der Waals surface area contributed by atoms with Crippen LogP contribution < -0.4 is 5.32 Å². The minimum Gasteiger partial charge on any atom is -0.338 e. The Morgan fingerprint density at radius 1 is 0.962 bits per heavy atom. The van der Waals surface area contributed by atoms with E-state index >= 15 is 0 Å². The first kappa shape index (κ1) is 16.8. The summed E-state index contributed by atoms with van der Waals surface area (Å²) in [7, 11) is 0. The van der Waals surface area contributed by atoms with Gasteiger partial charge in [0.15, 0.2) is 0 Å². The zero-order valence-corrected chi connectivity index (χ0v) is 15.0. The van der Waals surface area contributed by atoms with Crippen LogP contribution in [-0.2, 0) is 24.2 Å². The van der Waals surface area contributed by atoms with E-state index in [0.717, 1.165) is 43.5 Å². The second-order valence-electron chi connectivity index (χ2n) is 7.26. The van der Waals surface area contributed by atoms with Crippen LogP contribution in [0.15, 0.2) is 42.5 Å². The summed E-state index contributed by atoms with van der Waals surface area (Å²) in [6.07, 6.45) is 6.07. The molecular weight excluding hydrogens is 324 g/mol. The van der Waals surface area contributed by atoms with E-state index in [2.05, 4.69) is 11.4 Å². The van der Waals surface area contributed by atoms with E-state index in [4.69, 9.17) is 0 Å². The maximum absolute atomic E-state index is 12.6. The molecule has 1 aliphatic carbocycles. The summed E-state index contributed by atoms with van der Waals surface area (Å²) in [5, 5.41) is 3.00. The summed E-state index contributed by atoms with van der Waals surface area (Å²) in [6, 6.07) is 13.8. The highest BCUT2D eigenvalue weighted by molar-refractivity contribution is 6.04. The molecule has 2 aromatic rings. The molecule has 2 aromatic carbocycles. The summed E-state index contributed by atoms with van der Waals surface area (Å²) in [5.74, 6) is 0.148. The number of amides is 2. The summed E-state index contributed by atoms with van der Waals surface area (Å²) in [6.45, 7) is 1.44. The molecule has 1 fully saturated rings. The molecule has 134 valence electrons. The minimum atomic E-state index is -0.0779. The van der Waals surface area contributed by atoms with Gasteiger partial charge >= 0.3 is 0 Å². The lowest BCUT2D eigenvalue weighted by atomic mass is 10.1. The van der Waals surface area contributed by atoms with Crippen molar-refractivity contribution in [3.05, 3.63) is 64.7 Å². The van der Waals surface area contributed by atoms with Crippen molar-refractivity contribution in [1.82, 2.24) is 4.90 Å². The fraction of sp³-hybridized carbons (Fsp3) is 0.364. The van der Waals surface area contributed by atoms with Crippen LogP contribution in [0.4, 0.5) is 5.69 Å². The molecule has 0 spiro atoms. The predicted octanol–water partition coefficient (Wildman–Crippen LogP) is 3.94. The Hall–Kier alpha value is -2.62. The Morgan fingerprint density at radius 2 is 1.85 bits per heavy atom. The van der Waals surface area contributed by atoms with E-state index in [1.54, 1.807) is 0 Å². The Morgan fingerprint density at radius 3 is 2.73 bits per heavy atom. The molecule has 4 nitrogen and oxygen atoms in total. The number of piperidine rings is 1. The lowest BCUT2D eigenvalue weighted by molar-refractivity contribution is -0.133. The molecule has 0 atom stereocenters. The number of hydrogen-bond acceptors (Lipinski definition) is 2. The molecule has 1 aliphatic heterocycles. The highest BCUT2D eigenvalue weighted by Crippen LogP contribution is 2.23. The second kappa shape index (κ2) is 7.32. The quantitative estimate of drug-likeness (QED) is 0.910. The third-order valence-corrected chi connectivity index (χ3v) is 5.34. The molecule has 26 heavy (non-hydrogen) atoms. The molecule has 0 unspecified atom stereocenters. The number of carbonyl (C=O) groups is 2. The number of nitrogens with zero attached hydrogens (tertiary/aromatic N) is 1. The van der Waals surface area contributed by atoms with E-state index in [1.807, 2.05) is 41.3 Å². The van der Waals surface area contributed by atoms with E-state index in [-0.39, 0.29) is 11.8 Å². The first-order valence-electron chi connectivity index (χ1n) is 9.49. The summed E-state index contributed by atoms with van der Waals surface area (Å²) in [5.41, 5.74) is 5.21. The first-order valence-corrected chi connectivity index (χ1v) is 9.49. The van der Waals surface area contributed by atoms with Crippen molar-refractivity contribution in [2.75, 3.05) is 11.9 Å². The molecule has 0 saturated carbocycles. The smallest absolute Gasteiger partial charge is 0.255 e. The van der Waals surface area contributed by atoms with Crippen LogP contribution in [0, 0.1) is 0 Å². The number of hydrogen-bond donors (Lipinski definition) is 1. The molecule has 1 heterocycles. The number of carbonyl (C=O) groups excluding carboxylic acids is 2. The van der Waals surface area contributed by atoms with Crippen molar-refractivity contribution < 1.29 is 9.59 Å². The molecular formula is C22H24N2O2. The average Bonchev–Trinajstić information content (AvgIpc) is 3.12. The van der Waals surface area contributed by atoms with Gasteiger partial charge in [0.1, 0.15) is 0 Å². The average molecular weight is 348 g/mol. The zero-order chi connectivity index (χ0) is 17.9. The van der Waals surface area contributed by atoms with Crippen LogP contribution in [0.25, 0.3) is 0 Å². The number of benzene rings is 2. The van der Waals surface area contributed by atoms with E-state index in [0.29, 0.717) is 18.5 Å². The zero-order valence-electron chi connectivity index (χ0n) is 15.0. The molecule has 1 N–H and O–H groups in total. The highest BCUT2D eigenvalue weighted by Gasteiger charge is 2.18. The van der Waals surface area contributed by atoms with E-state index < -0.39 is 0 Å². The van der Waals surface area contributed by atoms with E-state index in [9.17, 15) is 9.59 Å². The molecule has 2 aliphatic rings. The van der Waals surface area contributed by atoms with Gasteiger partial charge in [0.05, 0.1) is 0 Å². The van der Waals surface area contributed by atoms with Gasteiger partial charge in [-0.25, -0.2) is 0 Å². The van der Waals surface area contributed by atoms with Gasteiger partial charge in [0, 0.05) is 30.8 Å². The van der Waals surface area contributed by atoms with Gasteiger partial charge in [0.25, 0.3) is 5.91 Å². The lowest BCUT2D eigenvalue weighted by Gasteiger charge is -2.26. The van der Waals surface area contributed by atoms with Crippen LogP contribution in [0.1, 0.15) is 52.7 Å². The maximum Gasteiger partial charge on any atom is 0.255 e. The van der Waals surface area contributed by atoms with Gasteiger partial charge in [-0.2, -0.15) is 0 Å². The molecule has 0 bridgehead atoms. The van der Waals surface area contributed by atoms with Crippen LogP contribution in [-0.4, -0.2) is 23.3 Å². The Balaban J connectivity index is 1.45. The summed E-state index contributed by atoms with van der Waals surface area (Å²) < 4.78 is 0. The molecule has 0 aromatic heterocycles. The molecule has 4 rings (SSSR count). The number of nitrogens with one attached hydrogen (secondary N) is 1. The largest absolute Gasteiger partial charge is 0.338 e. The van der Waals surface area contributed by atoms with Gasteiger partial charge in [-0.15, -0.1) is 0 Å². The number of aryl methyl sites for hydroxylation is 2. The predicted molar refractivity (Wildman–Crippen MR) is 102 cm³/mol. The fourth-order valence-electron chi connectivity index (χ4n) is 3.91. The van der Waals surface area contributed by atoms with Crippen molar-refractivity contribution in [3.8, 4) is 0 Å². The summed E-state index contributed by atoms with van der Waals surface area (Å²) in [4.78, 5) is 26.5. The first-order chi connectivity index (χ1) is 12.7. The van der Waals surface area contributed by atoms with Gasteiger partial charge < -0.3 is 10.2 Å². The highest BCUT2D eigenvalue weighted by atomic mass is 16.2. The van der Waals surface area contributed by atoms with Crippen molar-refractivity contribution in [1.29, 1.82) is 0 Å². The number of fused-ring (bicyclic) bond motifs is 1. The fourth-order valence-corrected chi connectivity index (χ4v) is 3.91. The Bertz CT molecular complexity index is 844. The van der Waals surface area contributed by atoms with Crippen LogP contribution in [0.3, 0.4) is 0 Å². The topological polar surface area (TPSA) is 49.4 Å². The van der Waals surface area contributed by atoms with Gasteiger partial charge in [-0.05, 0) is 73.1 Å². The van der Waals surface area contributed by atoms with Crippen LogP contribution in [0.5, 0.6) is 0 Å². The summed E-state index contributed by atoms with van der Waals surface area (Å²) >= 11 is 0. The number of rotatable bonds is 4. The van der Waals surface area contributed by atoms with Gasteiger partial charge in [0.2, 0.25) is 5.91 Å². The maximum atomic E-state index is 12.6. The third kappa shape index (κ3) is 3.64. The lowest BCUT2D eigenvalue weighted by Crippen LogP contribution is -2.34. The monoisotopic (exact) mass is 348 g/mol. The van der Waals surface area contributed by atoms with E-state index in [1.165, 1.54) is 17.5 Å². The molecule has 0 radical (unpaired) electrons. The van der Waals surface area contributed by atoms with Crippen LogP contribution in [0.2, 0.25) is 0 Å². The van der Waals surface area contributed by atoms with Crippen molar-refractivity contribution in [2.24, 2.45) is 0 Å². The Kier molecular flexibility index (Phi) is 4.74. The van der Waals surface area contributed by atoms with Crippen molar-refractivity contribution in [2.45, 2.75) is 45.1 Å². The van der Waals surface area contributed by atoms with Gasteiger partial charge in [-0.3, -0.25) is 9.59 Å². The van der Waals surface area contributed by atoms with Crippen molar-refractivity contribution >= 4 is 17.5 Å². The molecule has 2 amide bonds. The number of likely N-dealkylation sites (tertiary alicyclic amines) is 1. The van der Waals surface area contributed by atoms with Crippen LogP contribution >= 0.6 is 0 Å². The van der Waals surface area contributed by atoms with Gasteiger partial charge in [-0.1, -0.05) is 18.2 Å². The number of anilines is 1. The standard InChI is InChI=1S/C22H24N2O2/c25-21-9-1-2-12-24(21)15-16-5-3-8-20(13-16)23-22(26)19-11-10-17-6-4-7-18(17)14-19/h3,5,8,10-11,13-14H,1-2,4,6-7,9,12,15H2,(H,23,26). The SMILES string of the molecule is O=C(Nc1cccc(CN2CCCCC2=O)c1)c1ccc2c(c1)CCC2.